The van der Waals surface area contributed by atoms with Crippen LogP contribution in [0.4, 0.5) is 0 Å². The van der Waals surface area contributed by atoms with Crippen LogP contribution in [0.25, 0.3) is 0 Å². The molecule has 0 fully saturated rings. The van der Waals surface area contributed by atoms with Crippen LogP contribution in [0.3, 0.4) is 0 Å². The Morgan fingerprint density at radius 1 is 0.781 bits per heavy atom. The quantitative estimate of drug-likeness (QED) is 0.103. The van der Waals surface area contributed by atoms with Crippen LogP contribution in [0.5, 0.6) is 0 Å². The fourth-order valence-electron chi connectivity index (χ4n) is 3.58. The van der Waals surface area contributed by atoms with Crippen LogP contribution >= 0.6 is 0 Å². The van der Waals surface area contributed by atoms with Crippen molar-refractivity contribution in [3.63, 3.8) is 0 Å². The summed E-state index contributed by atoms with van der Waals surface area (Å²) >= 11 is 0. The van der Waals surface area contributed by atoms with Gasteiger partial charge < -0.3 is 29.5 Å². The fraction of sp³-hybridized carbons (Fsp3) is 0.720. The van der Waals surface area contributed by atoms with E-state index >= 15 is 0 Å². The lowest BCUT2D eigenvalue weighted by molar-refractivity contribution is -0.182. The number of aliphatic hydroxyl groups excluding tert-OH is 3. The molecule has 0 heterocycles. The Morgan fingerprint density at radius 3 is 1.94 bits per heavy atom. The molecule has 7 heteroatoms. The first-order chi connectivity index (χ1) is 15.4. The molecule has 7 nitrogen and oxygen atoms in total. The highest BCUT2D eigenvalue weighted by atomic mass is 16.6. The Kier molecular flexibility index (Phi) is 17.6. The normalized spacial score (nSPS) is 16.7. The average Bonchev–Trinajstić information content (AvgIpc) is 2.79. The summed E-state index contributed by atoms with van der Waals surface area (Å²) in [4.78, 5) is 11.9. The molecule has 0 amide bonds. The molecule has 186 valence electrons. The number of carbonyl (C=O) groups is 1. The molecule has 0 aromatic carbocycles. The summed E-state index contributed by atoms with van der Waals surface area (Å²) < 4.78 is 16.1. The zero-order valence-electron chi connectivity index (χ0n) is 19.9. The number of hydrogen-bond donors (Lipinski definition) is 3. The summed E-state index contributed by atoms with van der Waals surface area (Å²) in [6.07, 6.45) is 4.73. The van der Waals surface area contributed by atoms with E-state index in [2.05, 4.69) is 26.7 Å². The van der Waals surface area contributed by atoms with E-state index in [1.54, 1.807) is 0 Å². The Hall–Kier alpha value is -1.83. The largest absolute Gasteiger partial charge is 0.496 e. The van der Waals surface area contributed by atoms with Crippen molar-refractivity contribution in [2.45, 2.75) is 115 Å². The molecule has 0 saturated carbocycles. The highest BCUT2D eigenvalue weighted by Crippen LogP contribution is 2.23. The lowest BCUT2D eigenvalue weighted by Crippen LogP contribution is -2.54. The molecule has 0 spiro atoms. The summed E-state index contributed by atoms with van der Waals surface area (Å²) in [5, 5.41) is 32.6. The van der Waals surface area contributed by atoms with Crippen LogP contribution in [0.1, 0.15) is 78.1 Å². The van der Waals surface area contributed by atoms with Crippen molar-refractivity contribution in [3.05, 3.63) is 38.3 Å². The summed E-state index contributed by atoms with van der Waals surface area (Å²) in [6, 6.07) is 0. The van der Waals surface area contributed by atoms with Gasteiger partial charge in [0.15, 0.2) is 12.2 Å². The molecule has 3 N–H and O–H groups in total. The minimum absolute atomic E-state index is 0.331. The second-order valence-electron chi connectivity index (χ2n) is 7.96. The third-order valence-electron chi connectivity index (χ3n) is 5.41. The molecule has 6 unspecified atom stereocenters. The lowest BCUT2D eigenvalue weighted by Gasteiger charge is -2.36. The molecule has 32 heavy (non-hydrogen) atoms. The van der Waals surface area contributed by atoms with E-state index in [4.69, 9.17) is 14.2 Å². The molecule has 0 aromatic rings. The van der Waals surface area contributed by atoms with Crippen molar-refractivity contribution < 1.29 is 34.3 Å². The van der Waals surface area contributed by atoms with Gasteiger partial charge in [0, 0.05) is 6.08 Å². The summed E-state index contributed by atoms with van der Waals surface area (Å²) in [5.41, 5.74) is 0. The first-order valence-electron chi connectivity index (χ1n) is 11.8. The van der Waals surface area contributed by atoms with E-state index in [1.807, 2.05) is 6.92 Å². The third kappa shape index (κ3) is 11.7. The van der Waals surface area contributed by atoms with Crippen molar-refractivity contribution in [2.75, 3.05) is 0 Å². The van der Waals surface area contributed by atoms with Gasteiger partial charge >= 0.3 is 5.97 Å². The van der Waals surface area contributed by atoms with Gasteiger partial charge in [-0.2, -0.15) is 0 Å². The van der Waals surface area contributed by atoms with Crippen LogP contribution in [0.15, 0.2) is 38.3 Å². The maximum absolute atomic E-state index is 11.9. The molecule has 0 aliphatic carbocycles. The number of rotatable bonds is 21. The minimum Gasteiger partial charge on any atom is -0.496 e. The van der Waals surface area contributed by atoms with Crippen molar-refractivity contribution >= 4 is 5.97 Å². The number of esters is 1. The van der Waals surface area contributed by atoms with Gasteiger partial charge in [0.2, 0.25) is 0 Å². The summed E-state index contributed by atoms with van der Waals surface area (Å²) in [7, 11) is 0. The summed E-state index contributed by atoms with van der Waals surface area (Å²) in [5.74, 6) is -0.784. The Labute approximate surface area is 193 Å². The fourth-order valence-corrected chi connectivity index (χ4v) is 3.58. The smallest absolute Gasteiger partial charge is 0.330 e. The Bertz CT molecular complexity index is 522. The van der Waals surface area contributed by atoms with Gasteiger partial charge in [-0.3, -0.25) is 0 Å². The maximum Gasteiger partial charge on any atom is 0.330 e. The predicted molar refractivity (Wildman–Crippen MR) is 126 cm³/mol. The number of ether oxygens (including phenoxy) is 3. The standard InChI is InChI=1S/C25H44O7/c1-6-11-13-14-15-16-17-19(26)24(32-21(27)8-3)23(29)25(31-10-5)22(28)20(30-9-4)18-12-7-2/h8-10,19-20,22-26,28-29H,3-7,11-18H2,1-2H3. The summed E-state index contributed by atoms with van der Waals surface area (Å²) in [6.45, 7) is 14.6. The predicted octanol–water partition coefficient (Wildman–Crippen LogP) is 4.17. The van der Waals surface area contributed by atoms with Crippen LogP contribution in [0.2, 0.25) is 0 Å². The zero-order chi connectivity index (χ0) is 24.4. The van der Waals surface area contributed by atoms with Gasteiger partial charge in [0.05, 0.1) is 18.6 Å². The number of carbonyl (C=O) groups excluding carboxylic acids is 1. The van der Waals surface area contributed by atoms with E-state index in [0.29, 0.717) is 19.3 Å². The molecule has 0 rings (SSSR count). The Balaban J connectivity index is 5.41. The molecular weight excluding hydrogens is 412 g/mol. The van der Waals surface area contributed by atoms with Gasteiger partial charge in [-0.15, -0.1) is 0 Å². The maximum atomic E-state index is 11.9. The third-order valence-corrected chi connectivity index (χ3v) is 5.41. The molecule has 0 radical (unpaired) electrons. The van der Waals surface area contributed by atoms with Crippen molar-refractivity contribution in [3.8, 4) is 0 Å². The van der Waals surface area contributed by atoms with E-state index in [-0.39, 0.29) is 0 Å². The Morgan fingerprint density at radius 2 is 1.38 bits per heavy atom. The first kappa shape index (κ1) is 30.2. The van der Waals surface area contributed by atoms with Crippen LogP contribution in [0, 0.1) is 0 Å². The van der Waals surface area contributed by atoms with Gasteiger partial charge in [0.25, 0.3) is 0 Å². The van der Waals surface area contributed by atoms with Crippen LogP contribution < -0.4 is 0 Å². The van der Waals surface area contributed by atoms with Crippen LogP contribution in [-0.4, -0.2) is 57.9 Å². The van der Waals surface area contributed by atoms with Crippen molar-refractivity contribution in [1.82, 2.24) is 0 Å². The molecule has 0 aliphatic rings. The van der Waals surface area contributed by atoms with E-state index < -0.39 is 42.6 Å². The lowest BCUT2D eigenvalue weighted by atomic mass is 9.92. The van der Waals surface area contributed by atoms with E-state index in [9.17, 15) is 20.1 Å². The number of aliphatic hydroxyl groups is 3. The number of unbranched alkanes of at least 4 members (excludes halogenated alkanes) is 6. The molecule has 0 aliphatic heterocycles. The first-order valence-corrected chi connectivity index (χ1v) is 11.8. The van der Waals surface area contributed by atoms with E-state index in [1.165, 1.54) is 12.7 Å². The highest BCUT2D eigenvalue weighted by molar-refractivity contribution is 5.81. The monoisotopic (exact) mass is 456 g/mol. The van der Waals surface area contributed by atoms with E-state index in [0.717, 1.165) is 50.9 Å². The average molecular weight is 457 g/mol. The van der Waals surface area contributed by atoms with Gasteiger partial charge in [-0.25, -0.2) is 4.79 Å². The molecule has 0 bridgehead atoms. The van der Waals surface area contributed by atoms with Gasteiger partial charge in [-0.1, -0.05) is 78.5 Å². The minimum atomic E-state index is -1.53. The van der Waals surface area contributed by atoms with Gasteiger partial charge in [0.1, 0.15) is 18.3 Å². The highest BCUT2D eigenvalue weighted by Gasteiger charge is 2.42. The number of hydrogen-bond acceptors (Lipinski definition) is 7. The van der Waals surface area contributed by atoms with Crippen LogP contribution in [-0.2, 0) is 19.0 Å². The molecule has 0 saturated heterocycles. The second-order valence-corrected chi connectivity index (χ2v) is 7.96. The molecule has 0 aromatic heterocycles. The molecule has 6 atom stereocenters. The second kappa shape index (κ2) is 18.7. The topological polar surface area (TPSA) is 105 Å². The SMILES string of the molecule is C=COC(CCCC)C(O)C(OC=C)C(O)C(OC(=O)C=C)C(O)CCCCCCCC. The molecular formula is C25H44O7. The van der Waals surface area contributed by atoms with Gasteiger partial charge in [-0.05, 0) is 19.3 Å². The van der Waals surface area contributed by atoms with Crippen molar-refractivity contribution in [2.24, 2.45) is 0 Å². The van der Waals surface area contributed by atoms with Crippen molar-refractivity contribution in [1.29, 1.82) is 0 Å². The zero-order valence-corrected chi connectivity index (χ0v) is 19.9.